The lowest BCUT2D eigenvalue weighted by Crippen LogP contribution is -2.54. The lowest BCUT2D eigenvalue weighted by Gasteiger charge is -2.60. The van der Waals surface area contributed by atoms with E-state index in [1.165, 1.54) is 19.3 Å². The molecule has 0 spiro atoms. The SMILES string of the molecule is CC(=O)[C@H]1[C@H](OCCO)C[C@H]2[C@@H]3CC[C@H]4C[C@H](O)CC[C@]4(C)[C@H]3CC[C@@]21C. The lowest BCUT2D eigenvalue weighted by molar-refractivity contribution is -0.141. The van der Waals surface area contributed by atoms with Crippen molar-refractivity contribution in [2.24, 2.45) is 40.4 Å². The number of aliphatic hydroxyl groups excluding tert-OH is 2. The first-order chi connectivity index (χ1) is 12.8. The third-order valence-corrected chi connectivity index (χ3v) is 9.51. The maximum atomic E-state index is 12.6. The Labute approximate surface area is 164 Å². The molecule has 4 fully saturated rings. The molecule has 2 N–H and O–H groups in total. The van der Waals surface area contributed by atoms with Gasteiger partial charge in [-0.05, 0) is 92.8 Å². The number of carbonyl (C=O) groups excluding carboxylic acids is 1. The zero-order valence-corrected chi connectivity index (χ0v) is 17.3. The van der Waals surface area contributed by atoms with E-state index in [2.05, 4.69) is 13.8 Å². The normalized spacial score (nSPS) is 52.0. The maximum Gasteiger partial charge on any atom is 0.136 e. The smallest absolute Gasteiger partial charge is 0.136 e. The number of ketones is 1. The van der Waals surface area contributed by atoms with Crippen molar-refractivity contribution < 1.29 is 19.7 Å². The highest BCUT2D eigenvalue weighted by atomic mass is 16.5. The molecule has 0 aromatic heterocycles. The topological polar surface area (TPSA) is 66.8 Å². The summed E-state index contributed by atoms with van der Waals surface area (Å²) in [6, 6.07) is 0. The van der Waals surface area contributed by atoms with Crippen LogP contribution in [0.25, 0.3) is 0 Å². The largest absolute Gasteiger partial charge is 0.394 e. The molecule has 4 saturated carbocycles. The molecule has 4 aliphatic rings. The zero-order chi connectivity index (χ0) is 19.4. The third kappa shape index (κ3) is 3.02. The number of hydrogen-bond acceptors (Lipinski definition) is 4. The number of hydrogen-bond donors (Lipinski definition) is 2. The van der Waals surface area contributed by atoms with Crippen LogP contribution in [0.2, 0.25) is 0 Å². The Kier molecular flexibility index (Phi) is 5.22. The van der Waals surface area contributed by atoms with Crippen LogP contribution in [0, 0.1) is 40.4 Å². The second-order valence-corrected chi connectivity index (χ2v) is 10.6. The Morgan fingerprint density at radius 2 is 1.78 bits per heavy atom. The summed E-state index contributed by atoms with van der Waals surface area (Å²) in [6.07, 6.45) is 8.76. The Morgan fingerprint density at radius 3 is 2.48 bits per heavy atom. The second-order valence-electron chi connectivity index (χ2n) is 10.6. The van der Waals surface area contributed by atoms with Gasteiger partial charge in [-0.3, -0.25) is 4.79 Å². The predicted molar refractivity (Wildman–Crippen MR) is 104 cm³/mol. The summed E-state index contributed by atoms with van der Waals surface area (Å²) in [6.45, 7) is 6.95. The Bertz CT molecular complexity index is 577. The highest BCUT2D eigenvalue weighted by molar-refractivity contribution is 5.80. The van der Waals surface area contributed by atoms with E-state index in [1.807, 2.05) is 0 Å². The molecule has 9 atom stereocenters. The second kappa shape index (κ2) is 7.11. The average Bonchev–Trinajstić information content (AvgIpc) is 2.93. The molecular weight excluding hydrogens is 340 g/mol. The number of Topliss-reactive ketones (excluding diaryl/α,β-unsaturated/α-hetero) is 1. The van der Waals surface area contributed by atoms with E-state index in [-0.39, 0.29) is 35.9 Å². The molecular formula is C23H38O4. The minimum Gasteiger partial charge on any atom is -0.394 e. The first kappa shape index (κ1) is 19.8. The molecule has 4 rings (SSSR count). The predicted octanol–water partition coefficient (Wildman–Crippen LogP) is 3.58. The number of aliphatic hydroxyl groups is 2. The van der Waals surface area contributed by atoms with Crippen LogP contribution in [0.3, 0.4) is 0 Å². The van der Waals surface area contributed by atoms with E-state index in [9.17, 15) is 15.0 Å². The van der Waals surface area contributed by atoms with Crippen LogP contribution >= 0.6 is 0 Å². The minimum absolute atomic E-state index is 0.0197. The van der Waals surface area contributed by atoms with Gasteiger partial charge in [0, 0.05) is 5.92 Å². The number of carbonyl (C=O) groups is 1. The lowest BCUT2D eigenvalue weighted by atomic mass is 9.44. The van der Waals surface area contributed by atoms with E-state index in [1.54, 1.807) is 6.92 Å². The van der Waals surface area contributed by atoms with Crippen LogP contribution in [0.15, 0.2) is 0 Å². The van der Waals surface area contributed by atoms with Gasteiger partial charge < -0.3 is 14.9 Å². The summed E-state index contributed by atoms with van der Waals surface area (Å²) in [7, 11) is 0. The summed E-state index contributed by atoms with van der Waals surface area (Å²) < 4.78 is 6.00. The van der Waals surface area contributed by atoms with Crippen LogP contribution in [0.4, 0.5) is 0 Å². The van der Waals surface area contributed by atoms with Crippen LogP contribution in [0.1, 0.15) is 72.1 Å². The number of ether oxygens (including phenoxy) is 1. The van der Waals surface area contributed by atoms with Crippen molar-refractivity contribution in [2.75, 3.05) is 13.2 Å². The van der Waals surface area contributed by atoms with E-state index in [0.717, 1.165) is 38.0 Å². The summed E-state index contributed by atoms with van der Waals surface area (Å²) in [4.78, 5) is 12.6. The molecule has 0 amide bonds. The summed E-state index contributed by atoms with van der Waals surface area (Å²) in [5.74, 6) is 2.88. The Morgan fingerprint density at radius 1 is 1.04 bits per heavy atom. The first-order valence-electron chi connectivity index (χ1n) is 11.2. The van der Waals surface area contributed by atoms with E-state index in [0.29, 0.717) is 29.8 Å². The van der Waals surface area contributed by atoms with Crippen molar-refractivity contribution in [1.82, 2.24) is 0 Å². The molecule has 0 saturated heterocycles. The molecule has 0 bridgehead atoms. The summed E-state index contributed by atoms with van der Waals surface area (Å²) in [5.41, 5.74) is 0.406. The van der Waals surface area contributed by atoms with E-state index in [4.69, 9.17) is 4.74 Å². The van der Waals surface area contributed by atoms with Gasteiger partial charge in [0.1, 0.15) is 5.78 Å². The molecule has 0 radical (unpaired) electrons. The Hall–Kier alpha value is -0.450. The fourth-order valence-corrected chi connectivity index (χ4v) is 8.32. The van der Waals surface area contributed by atoms with Gasteiger partial charge in [-0.25, -0.2) is 0 Å². The van der Waals surface area contributed by atoms with Crippen molar-refractivity contribution in [3.8, 4) is 0 Å². The van der Waals surface area contributed by atoms with Gasteiger partial charge in [-0.1, -0.05) is 13.8 Å². The van der Waals surface area contributed by atoms with Gasteiger partial charge in [0.25, 0.3) is 0 Å². The number of rotatable bonds is 4. The average molecular weight is 379 g/mol. The summed E-state index contributed by atoms with van der Waals surface area (Å²) >= 11 is 0. The molecule has 4 heteroatoms. The van der Waals surface area contributed by atoms with E-state index < -0.39 is 0 Å². The minimum atomic E-state index is -0.0988. The highest BCUT2D eigenvalue weighted by Crippen LogP contribution is 2.67. The summed E-state index contributed by atoms with van der Waals surface area (Å²) in [5, 5.41) is 19.4. The molecule has 154 valence electrons. The van der Waals surface area contributed by atoms with Gasteiger partial charge in [0.2, 0.25) is 0 Å². The molecule has 0 aromatic rings. The van der Waals surface area contributed by atoms with Crippen LogP contribution in [0.5, 0.6) is 0 Å². The Balaban J connectivity index is 1.61. The van der Waals surface area contributed by atoms with Crippen LogP contribution < -0.4 is 0 Å². The third-order valence-electron chi connectivity index (χ3n) is 9.51. The molecule has 0 aliphatic heterocycles. The van der Waals surface area contributed by atoms with Gasteiger partial charge in [-0.2, -0.15) is 0 Å². The van der Waals surface area contributed by atoms with Crippen molar-refractivity contribution >= 4 is 5.78 Å². The molecule has 0 aromatic carbocycles. The van der Waals surface area contributed by atoms with Crippen LogP contribution in [-0.4, -0.2) is 41.4 Å². The van der Waals surface area contributed by atoms with Gasteiger partial charge in [0.15, 0.2) is 0 Å². The van der Waals surface area contributed by atoms with Crippen molar-refractivity contribution in [3.05, 3.63) is 0 Å². The monoisotopic (exact) mass is 378 g/mol. The standard InChI is InChI=1S/C23H38O4/c1-14(25)21-20(27-11-10-24)13-19-17-5-4-15-12-16(26)6-8-22(15,2)18(17)7-9-23(19,21)3/h15-21,24,26H,4-13H2,1-3H3/t15-,16+,17+,18-,19-,20+,21-,22-,23-/m0/s1. The zero-order valence-electron chi connectivity index (χ0n) is 17.3. The fourth-order valence-electron chi connectivity index (χ4n) is 8.32. The van der Waals surface area contributed by atoms with Crippen LogP contribution in [-0.2, 0) is 9.53 Å². The molecule has 0 heterocycles. The number of fused-ring (bicyclic) bond motifs is 5. The van der Waals surface area contributed by atoms with Gasteiger partial charge in [-0.15, -0.1) is 0 Å². The van der Waals surface area contributed by atoms with Gasteiger partial charge >= 0.3 is 0 Å². The highest BCUT2D eigenvalue weighted by Gasteiger charge is 2.63. The van der Waals surface area contributed by atoms with Gasteiger partial charge in [0.05, 0.1) is 25.4 Å². The molecule has 27 heavy (non-hydrogen) atoms. The van der Waals surface area contributed by atoms with Crippen molar-refractivity contribution in [2.45, 2.75) is 84.3 Å². The molecule has 4 aliphatic carbocycles. The first-order valence-corrected chi connectivity index (χ1v) is 11.2. The fraction of sp³-hybridized carbons (Fsp3) is 0.957. The quantitative estimate of drug-likeness (QED) is 0.785. The molecule has 0 unspecified atom stereocenters. The molecule has 4 nitrogen and oxygen atoms in total. The van der Waals surface area contributed by atoms with Crippen molar-refractivity contribution in [1.29, 1.82) is 0 Å². The van der Waals surface area contributed by atoms with Crippen molar-refractivity contribution in [3.63, 3.8) is 0 Å². The maximum absolute atomic E-state index is 12.6. The van der Waals surface area contributed by atoms with E-state index >= 15 is 0 Å².